The summed E-state index contributed by atoms with van der Waals surface area (Å²) in [6.07, 6.45) is 1.43. The van der Waals surface area contributed by atoms with E-state index < -0.39 is 17.3 Å². The van der Waals surface area contributed by atoms with Crippen LogP contribution < -0.4 is 4.90 Å². The lowest BCUT2D eigenvalue weighted by molar-refractivity contribution is -0.122. The molecule has 1 heterocycles. The van der Waals surface area contributed by atoms with Gasteiger partial charge in [-0.3, -0.25) is 9.59 Å². The molecule has 3 aromatic carbocycles. The van der Waals surface area contributed by atoms with Crippen molar-refractivity contribution in [2.45, 2.75) is 11.3 Å². The number of halogens is 1. The van der Waals surface area contributed by atoms with Gasteiger partial charge in [0, 0.05) is 5.92 Å². The standard InChI is InChI=1S/C25H17ClN2O3/c26-18-11-5-6-12-19(18)28-23(29)21-20-14-7-1-3-9-16(14)25(13-27-31,22(21)24(28)30)17-10-4-2-8-15(17)20/h1-13,20-22,31H/b27-13-/t20?,21-,22+,25?/m0/s1. The average molecular weight is 429 g/mol. The van der Waals surface area contributed by atoms with Crippen molar-refractivity contribution in [2.24, 2.45) is 17.0 Å². The van der Waals surface area contributed by atoms with E-state index >= 15 is 0 Å². The molecule has 1 N–H and O–H groups in total. The Hall–Kier alpha value is -3.44. The zero-order valence-electron chi connectivity index (χ0n) is 16.3. The van der Waals surface area contributed by atoms with Gasteiger partial charge in [-0.05, 0) is 34.4 Å². The Morgan fingerprint density at radius 3 is 2.06 bits per heavy atom. The molecule has 6 heteroatoms. The van der Waals surface area contributed by atoms with Crippen LogP contribution in [0.25, 0.3) is 0 Å². The summed E-state index contributed by atoms with van der Waals surface area (Å²) in [6.45, 7) is 0. The number of carbonyl (C=O) groups excluding carboxylic acids is 2. The normalized spacial score (nSPS) is 28.0. The van der Waals surface area contributed by atoms with Gasteiger partial charge in [0.15, 0.2) is 0 Å². The fourth-order valence-corrected chi connectivity index (χ4v) is 6.23. The molecule has 5 nitrogen and oxygen atoms in total. The summed E-state index contributed by atoms with van der Waals surface area (Å²) in [5.74, 6) is -2.17. The van der Waals surface area contributed by atoms with E-state index in [2.05, 4.69) is 5.16 Å². The quantitative estimate of drug-likeness (QED) is 0.285. The minimum atomic E-state index is -1.04. The molecule has 1 aliphatic heterocycles. The van der Waals surface area contributed by atoms with Crippen LogP contribution in [0.3, 0.4) is 0 Å². The third kappa shape index (κ3) is 2.09. The lowest BCUT2D eigenvalue weighted by Gasteiger charge is -2.52. The zero-order valence-corrected chi connectivity index (χ0v) is 17.0. The number of nitrogens with zero attached hydrogens (tertiary/aromatic N) is 2. The number of para-hydroxylation sites is 1. The first-order chi connectivity index (χ1) is 15.1. The molecule has 7 rings (SSSR count). The predicted octanol–water partition coefficient (Wildman–Crippen LogP) is 4.35. The molecule has 152 valence electrons. The molecule has 0 unspecified atom stereocenters. The Kier molecular flexibility index (Phi) is 3.72. The number of rotatable bonds is 2. The van der Waals surface area contributed by atoms with Crippen LogP contribution in [0.1, 0.15) is 28.2 Å². The first-order valence-electron chi connectivity index (χ1n) is 10.1. The van der Waals surface area contributed by atoms with Crippen molar-refractivity contribution in [1.82, 2.24) is 0 Å². The Labute approximate surface area is 183 Å². The molecule has 3 aromatic rings. The molecule has 0 radical (unpaired) electrons. The maximum absolute atomic E-state index is 13.9. The summed E-state index contributed by atoms with van der Waals surface area (Å²) in [7, 11) is 0. The van der Waals surface area contributed by atoms with E-state index in [1.54, 1.807) is 24.3 Å². The van der Waals surface area contributed by atoms with Crippen LogP contribution in [0.15, 0.2) is 78.0 Å². The molecule has 0 saturated carbocycles. The molecule has 31 heavy (non-hydrogen) atoms. The number of anilines is 1. The van der Waals surface area contributed by atoms with Crippen LogP contribution in [0.4, 0.5) is 5.69 Å². The maximum Gasteiger partial charge on any atom is 0.239 e. The average Bonchev–Trinajstić information content (AvgIpc) is 3.06. The van der Waals surface area contributed by atoms with Gasteiger partial charge in [-0.1, -0.05) is 72.3 Å². The highest BCUT2D eigenvalue weighted by Gasteiger charge is 2.68. The first-order valence-corrected chi connectivity index (χ1v) is 10.5. The minimum Gasteiger partial charge on any atom is -0.411 e. The Morgan fingerprint density at radius 1 is 0.871 bits per heavy atom. The van der Waals surface area contributed by atoms with E-state index in [9.17, 15) is 14.8 Å². The van der Waals surface area contributed by atoms with Gasteiger partial charge >= 0.3 is 0 Å². The number of benzene rings is 3. The van der Waals surface area contributed by atoms with E-state index in [0.717, 1.165) is 22.3 Å². The van der Waals surface area contributed by atoms with Gasteiger partial charge < -0.3 is 5.21 Å². The highest BCUT2D eigenvalue weighted by molar-refractivity contribution is 6.36. The summed E-state index contributed by atoms with van der Waals surface area (Å²) >= 11 is 6.38. The van der Waals surface area contributed by atoms with Crippen molar-refractivity contribution < 1.29 is 14.8 Å². The van der Waals surface area contributed by atoms with Crippen LogP contribution in [0.5, 0.6) is 0 Å². The summed E-state index contributed by atoms with van der Waals surface area (Å²) in [5, 5.41) is 13.5. The van der Waals surface area contributed by atoms with Crippen molar-refractivity contribution in [1.29, 1.82) is 0 Å². The van der Waals surface area contributed by atoms with Gasteiger partial charge in [0.05, 0.1) is 34.2 Å². The molecule has 3 aliphatic carbocycles. The largest absolute Gasteiger partial charge is 0.411 e. The Morgan fingerprint density at radius 2 is 1.45 bits per heavy atom. The SMILES string of the molecule is O=C1[C@H]2C3c4ccccc4C(/C=N\O)(c4ccccc43)[C@H]2C(=O)N1c1ccccc1Cl. The van der Waals surface area contributed by atoms with Crippen molar-refractivity contribution in [3.63, 3.8) is 0 Å². The third-order valence-corrected chi connectivity index (χ3v) is 7.36. The second-order valence-corrected chi connectivity index (χ2v) is 8.64. The van der Waals surface area contributed by atoms with E-state index in [4.69, 9.17) is 11.6 Å². The van der Waals surface area contributed by atoms with Gasteiger partial charge in [0.1, 0.15) is 0 Å². The van der Waals surface area contributed by atoms with Crippen molar-refractivity contribution in [2.75, 3.05) is 4.90 Å². The Balaban J connectivity index is 1.68. The first kappa shape index (κ1) is 18.3. The van der Waals surface area contributed by atoms with Crippen LogP contribution in [-0.4, -0.2) is 23.2 Å². The number of amides is 2. The molecule has 2 bridgehead atoms. The fourth-order valence-electron chi connectivity index (χ4n) is 6.01. The summed E-state index contributed by atoms with van der Waals surface area (Å²) in [6, 6.07) is 22.5. The third-order valence-electron chi connectivity index (χ3n) is 7.04. The monoisotopic (exact) mass is 428 g/mol. The Bertz CT molecular complexity index is 1250. The van der Waals surface area contributed by atoms with Crippen molar-refractivity contribution >= 4 is 35.3 Å². The second-order valence-electron chi connectivity index (χ2n) is 8.23. The number of oxime groups is 1. The molecule has 2 amide bonds. The maximum atomic E-state index is 13.9. The van der Waals surface area contributed by atoms with Gasteiger partial charge in [0.25, 0.3) is 0 Å². The number of imide groups is 1. The molecule has 2 atom stereocenters. The second kappa shape index (κ2) is 6.28. The summed E-state index contributed by atoms with van der Waals surface area (Å²) in [5.41, 5.74) is 3.13. The molecule has 4 aliphatic rings. The lowest BCUT2D eigenvalue weighted by Crippen LogP contribution is -2.54. The molecule has 1 fully saturated rings. The molecule has 1 saturated heterocycles. The fraction of sp³-hybridized carbons (Fsp3) is 0.160. The predicted molar refractivity (Wildman–Crippen MR) is 117 cm³/mol. The molecule has 0 aromatic heterocycles. The minimum absolute atomic E-state index is 0.254. The molecular formula is C25H17ClN2O3. The van der Waals surface area contributed by atoms with Crippen molar-refractivity contribution in [3.05, 3.63) is 100 Å². The highest BCUT2D eigenvalue weighted by atomic mass is 35.5. The van der Waals surface area contributed by atoms with E-state index in [1.165, 1.54) is 11.1 Å². The summed E-state index contributed by atoms with van der Waals surface area (Å²) < 4.78 is 0. The van der Waals surface area contributed by atoms with Gasteiger partial charge in [-0.25, -0.2) is 4.90 Å². The van der Waals surface area contributed by atoms with Crippen molar-refractivity contribution in [3.8, 4) is 0 Å². The van der Waals surface area contributed by atoms with Gasteiger partial charge in [0.2, 0.25) is 11.8 Å². The van der Waals surface area contributed by atoms with Gasteiger partial charge in [-0.15, -0.1) is 5.16 Å². The highest BCUT2D eigenvalue weighted by Crippen LogP contribution is 2.63. The van der Waals surface area contributed by atoms with E-state index in [1.807, 2.05) is 48.5 Å². The molecule has 0 spiro atoms. The number of hydrogen-bond donors (Lipinski definition) is 1. The van der Waals surface area contributed by atoms with Crippen LogP contribution in [-0.2, 0) is 15.0 Å². The lowest BCUT2D eigenvalue weighted by atomic mass is 9.47. The van der Waals surface area contributed by atoms with Crippen LogP contribution in [0, 0.1) is 11.8 Å². The smallest absolute Gasteiger partial charge is 0.239 e. The van der Waals surface area contributed by atoms with Gasteiger partial charge in [-0.2, -0.15) is 0 Å². The number of hydrogen-bond acceptors (Lipinski definition) is 4. The molecular weight excluding hydrogens is 412 g/mol. The summed E-state index contributed by atoms with van der Waals surface area (Å²) in [4.78, 5) is 28.9. The number of carbonyl (C=O) groups is 2. The van der Waals surface area contributed by atoms with Crippen LogP contribution >= 0.6 is 11.6 Å². The topological polar surface area (TPSA) is 70.0 Å². The van der Waals surface area contributed by atoms with E-state index in [-0.39, 0.29) is 17.7 Å². The van der Waals surface area contributed by atoms with Crippen LogP contribution in [0.2, 0.25) is 5.02 Å². The van der Waals surface area contributed by atoms with E-state index in [0.29, 0.717) is 10.7 Å². The zero-order chi connectivity index (χ0) is 21.3.